The minimum atomic E-state index is -0.466. The first-order chi connectivity index (χ1) is 13.1. The van der Waals surface area contributed by atoms with Crippen molar-refractivity contribution in [3.8, 4) is 11.4 Å². The second-order valence-corrected chi connectivity index (χ2v) is 7.91. The van der Waals surface area contributed by atoms with Crippen LogP contribution >= 0.6 is 11.8 Å². The lowest BCUT2D eigenvalue weighted by Crippen LogP contribution is -2.45. The molecule has 144 valence electrons. The first-order valence-electron chi connectivity index (χ1n) is 9.27. The van der Waals surface area contributed by atoms with E-state index in [9.17, 15) is 4.79 Å². The van der Waals surface area contributed by atoms with Crippen LogP contribution in [0.3, 0.4) is 0 Å². The van der Waals surface area contributed by atoms with Crippen molar-refractivity contribution in [3.05, 3.63) is 23.0 Å². The highest BCUT2D eigenvalue weighted by Crippen LogP contribution is 2.34. The van der Waals surface area contributed by atoms with Gasteiger partial charge in [-0.1, -0.05) is 11.8 Å². The molecule has 27 heavy (non-hydrogen) atoms. The summed E-state index contributed by atoms with van der Waals surface area (Å²) in [7, 11) is 2.15. The molecule has 1 fully saturated rings. The largest absolute Gasteiger partial charge is 0.364 e. The maximum atomic E-state index is 12.0. The average molecular weight is 388 g/mol. The van der Waals surface area contributed by atoms with Gasteiger partial charge in [-0.25, -0.2) is 9.97 Å². The lowest BCUT2D eigenvalue weighted by molar-refractivity contribution is 0.0993. The van der Waals surface area contributed by atoms with Gasteiger partial charge in [-0.05, 0) is 31.7 Å². The molecule has 2 N–H and O–H groups in total. The number of piperazine rings is 1. The van der Waals surface area contributed by atoms with Crippen LogP contribution in [-0.2, 0) is 19.4 Å². The molecule has 1 aliphatic heterocycles. The number of primary amides is 1. The Labute approximate surface area is 163 Å². The molecular weight excluding hydrogens is 362 g/mol. The monoisotopic (exact) mass is 387 g/mol. The van der Waals surface area contributed by atoms with Crippen molar-refractivity contribution < 1.29 is 4.79 Å². The van der Waals surface area contributed by atoms with E-state index in [2.05, 4.69) is 26.9 Å². The van der Waals surface area contributed by atoms with Crippen molar-refractivity contribution >= 4 is 17.7 Å². The minimum Gasteiger partial charge on any atom is -0.364 e. The van der Waals surface area contributed by atoms with Crippen LogP contribution in [0.1, 0.15) is 21.6 Å². The maximum Gasteiger partial charge on any atom is 0.269 e. The summed E-state index contributed by atoms with van der Waals surface area (Å²) < 4.78 is 1.93. The number of rotatable bonds is 5. The number of aromatic nitrogens is 4. The first kappa shape index (κ1) is 18.4. The summed E-state index contributed by atoms with van der Waals surface area (Å²) in [5.74, 6) is -0.466. The summed E-state index contributed by atoms with van der Waals surface area (Å²) in [6.07, 6.45) is 5.42. The highest BCUT2D eigenvalue weighted by molar-refractivity contribution is 7.98. The molecule has 0 saturated carbocycles. The molecule has 0 atom stereocenters. The summed E-state index contributed by atoms with van der Waals surface area (Å²) in [5.41, 5.74) is 9.88. The Bertz CT molecular complexity index is 858. The fourth-order valence-corrected chi connectivity index (χ4v) is 4.15. The van der Waals surface area contributed by atoms with Crippen LogP contribution in [0, 0.1) is 0 Å². The Hall–Kier alpha value is -1.97. The fourth-order valence-electron chi connectivity index (χ4n) is 3.80. The smallest absolute Gasteiger partial charge is 0.269 e. The van der Waals surface area contributed by atoms with Gasteiger partial charge in [0.25, 0.3) is 5.91 Å². The normalized spacial score (nSPS) is 17.6. The van der Waals surface area contributed by atoms with Crippen molar-refractivity contribution in [2.45, 2.75) is 24.5 Å². The predicted molar refractivity (Wildman–Crippen MR) is 105 cm³/mol. The van der Waals surface area contributed by atoms with Gasteiger partial charge in [0, 0.05) is 44.5 Å². The van der Waals surface area contributed by atoms with Crippen molar-refractivity contribution in [2.75, 3.05) is 46.0 Å². The molecule has 2 aromatic rings. The van der Waals surface area contributed by atoms with Crippen LogP contribution < -0.4 is 5.73 Å². The van der Waals surface area contributed by atoms with E-state index in [0.29, 0.717) is 5.69 Å². The molecule has 2 aliphatic rings. The van der Waals surface area contributed by atoms with Gasteiger partial charge in [-0.3, -0.25) is 14.4 Å². The van der Waals surface area contributed by atoms with E-state index in [4.69, 9.17) is 10.7 Å². The second-order valence-electron chi connectivity index (χ2n) is 7.14. The molecule has 0 spiro atoms. The zero-order valence-corrected chi connectivity index (χ0v) is 16.6. The summed E-state index contributed by atoms with van der Waals surface area (Å²) >= 11 is 1.52. The Balaban J connectivity index is 1.67. The number of aryl methyl sites for hydroxylation is 1. The number of carbonyl (C=O) groups is 1. The van der Waals surface area contributed by atoms with Crippen molar-refractivity contribution in [3.63, 3.8) is 0 Å². The standard InChI is InChI=1S/C18H25N7OS/c1-23-5-7-24(8-6-23)9-10-25-16-13(15(22-25)17(19)26)4-3-12-11-20-18(27-2)21-14(12)16/h11H,3-10H2,1-2H3,(H2,19,26). The van der Waals surface area contributed by atoms with Crippen LogP contribution in [0.4, 0.5) is 0 Å². The van der Waals surface area contributed by atoms with E-state index >= 15 is 0 Å². The SMILES string of the molecule is CSc1ncc2c(n1)-c1c(c(C(N)=O)nn1CCN1CCN(C)CC1)CC2. The molecule has 0 bridgehead atoms. The van der Waals surface area contributed by atoms with Gasteiger partial charge in [-0.2, -0.15) is 5.10 Å². The lowest BCUT2D eigenvalue weighted by atomic mass is 9.93. The highest BCUT2D eigenvalue weighted by Gasteiger charge is 2.29. The Morgan fingerprint density at radius 3 is 2.70 bits per heavy atom. The number of nitrogens with zero attached hydrogens (tertiary/aromatic N) is 6. The third-order valence-corrected chi connectivity index (χ3v) is 5.96. The molecule has 4 rings (SSSR count). The van der Waals surface area contributed by atoms with Crippen molar-refractivity contribution in [2.24, 2.45) is 5.73 Å². The molecular formula is C18H25N7OS. The fraction of sp³-hybridized carbons (Fsp3) is 0.556. The number of carbonyl (C=O) groups excluding carboxylic acids is 1. The van der Waals surface area contributed by atoms with Crippen LogP contribution in [0.25, 0.3) is 11.4 Å². The second kappa shape index (κ2) is 7.57. The number of hydrogen-bond acceptors (Lipinski definition) is 7. The van der Waals surface area contributed by atoms with Crippen molar-refractivity contribution in [1.29, 1.82) is 0 Å². The number of amides is 1. The van der Waals surface area contributed by atoms with Crippen LogP contribution in [0.5, 0.6) is 0 Å². The summed E-state index contributed by atoms with van der Waals surface area (Å²) in [6.45, 7) is 5.89. The number of nitrogens with two attached hydrogens (primary N) is 1. The topological polar surface area (TPSA) is 93.2 Å². The molecule has 8 nitrogen and oxygen atoms in total. The molecule has 0 aromatic carbocycles. The molecule has 9 heteroatoms. The molecule has 1 amide bonds. The van der Waals surface area contributed by atoms with Gasteiger partial charge in [-0.15, -0.1) is 0 Å². The van der Waals surface area contributed by atoms with Crippen LogP contribution in [0.15, 0.2) is 11.4 Å². The molecule has 1 aliphatic carbocycles. The summed E-state index contributed by atoms with van der Waals surface area (Å²) in [5, 5.41) is 5.31. The zero-order valence-electron chi connectivity index (χ0n) is 15.8. The summed E-state index contributed by atoms with van der Waals surface area (Å²) in [6, 6.07) is 0. The third-order valence-electron chi connectivity index (χ3n) is 5.40. The van der Waals surface area contributed by atoms with E-state index in [-0.39, 0.29) is 0 Å². The Kier molecular flexibility index (Phi) is 5.16. The average Bonchev–Trinajstić information content (AvgIpc) is 3.06. The minimum absolute atomic E-state index is 0.387. The van der Waals surface area contributed by atoms with Gasteiger partial charge in [0.05, 0.1) is 17.9 Å². The maximum absolute atomic E-state index is 12.0. The van der Waals surface area contributed by atoms with Gasteiger partial charge >= 0.3 is 0 Å². The van der Waals surface area contributed by atoms with Crippen molar-refractivity contribution in [1.82, 2.24) is 29.5 Å². The van der Waals surface area contributed by atoms with Gasteiger partial charge < -0.3 is 10.6 Å². The third kappa shape index (κ3) is 3.59. The number of likely N-dealkylation sites (N-methyl/N-ethyl adjacent to an activating group) is 1. The highest BCUT2D eigenvalue weighted by atomic mass is 32.2. The van der Waals surface area contributed by atoms with E-state index in [0.717, 1.165) is 79.8 Å². The van der Waals surface area contributed by atoms with Crippen LogP contribution in [-0.4, -0.2) is 81.5 Å². The van der Waals surface area contributed by atoms with E-state index < -0.39 is 5.91 Å². The van der Waals surface area contributed by atoms with E-state index in [1.165, 1.54) is 11.8 Å². The van der Waals surface area contributed by atoms with Gasteiger partial charge in [0.15, 0.2) is 10.9 Å². The Morgan fingerprint density at radius 2 is 2.00 bits per heavy atom. The molecule has 2 aromatic heterocycles. The molecule has 3 heterocycles. The quantitative estimate of drug-likeness (QED) is 0.590. The van der Waals surface area contributed by atoms with E-state index in [1.54, 1.807) is 0 Å². The number of hydrogen-bond donors (Lipinski definition) is 1. The molecule has 0 radical (unpaired) electrons. The van der Waals surface area contributed by atoms with Gasteiger partial charge in [0.2, 0.25) is 0 Å². The summed E-state index contributed by atoms with van der Waals surface area (Å²) in [4.78, 5) is 25.9. The van der Waals surface area contributed by atoms with Gasteiger partial charge in [0.1, 0.15) is 0 Å². The van der Waals surface area contributed by atoms with Crippen LogP contribution in [0.2, 0.25) is 0 Å². The predicted octanol–water partition coefficient (Wildman–Crippen LogP) is 0.507. The molecule has 0 unspecified atom stereocenters. The zero-order chi connectivity index (χ0) is 19.0. The number of thioether (sulfide) groups is 1. The molecule has 1 saturated heterocycles. The lowest BCUT2D eigenvalue weighted by Gasteiger charge is -2.32. The van der Waals surface area contributed by atoms with E-state index in [1.807, 2.05) is 17.1 Å². The number of fused-ring (bicyclic) bond motifs is 3. The first-order valence-corrected chi connectivity index (χ1v) is 10.5. The Morgan fingerprint density at radius 1 is 1.22 bits per heavy atom.